The van der Waals surface area contributed by atoms with Gasteiger partial charge in [0.2, 0.25) is 0 Å². The lowest BCUT2D eigenvalue weighted by atomic mass is 10.0. The van der Waals surface area contributed by atoms with E-state index in [0.29, 0.717) is 24.7 Å². The molecular weight excluding hydrogens is 392 g/mol. The third kappa shape index (κ3) is 5.14. The van der Waals surface area contributed by atoms with Crippen LogP contribution in [0.2, 0.25) is 0 Å². The number of amides is 1. The van der Waals surface area contributed by atoms with Crippen molar-refractivity contribution in [2.75, 3.05) is 19.3 Å². The largest absolute Gasteiger partial charge is 0.444 e. The molecule has 0 spiro atoms. The van der Waals surface area contributed by atoms with Crippen LogP contribution in [-0.4, -0.2) is 59.1 Å². The molecule has 0 radical (unpaired) electrons. The number of hydrogen-bond donors (Lipinski definition) is 0. The highest BCUT2D eigenvalue weighted by Gasteiger charge is 2.29. The molecule has 9 heteroatoms. The molecule has 0 N–H and O–H groups in total. The van der Waals surface area contributed by atoms with E-state index in [2.05, 4.69) is 10.1 Å². The fourth-order valence-electron chi connectivity index (χ4n) is 3.35. The molecule has 1 amide bonds. The number of piperidine rings is 1. The quantitative estimate of drug-likeness (QED) is 0.757. The number of hydrogen-bond acceptors (Lipinski definition) is 6. The van der Waals surface area contributed by atoms with Crippen LogP contribution < -0.4 is 0 Å². The zero-order chi connectivity index (χ0) is 21.4. The first-order valence-electron chi connectivity index (χ1n) is 9.65. The van der Waals surface area contributed by atoms with Crippen molar-refractivity contribution in [3.63, 3.8) is 0 Å². The maximum atomic E-state index is 12.3. The summed E-state index contributed by atoms with van der Waals surface area (Å²) in [5, 5.41) is 4.56. The molecule has 0 atom stereocenters. The Hall–Kier alpha value is -2.42. The van der Waals surface area contributed by atoms with Gasteiger partial charge in [0.25, 0.3) is 0 Å². The smallest absolute Gasteiger partial charge is 0.410 e. The first-order valence-corrected chi connectivity index (χ1v) is 11.5. The molecule has 0 bridgehead atoms. The van der Waals surface area contributed by atoms with Gasteiger partial charge >= 0.3 is 6.09 Å². The van der Waals surface area contributed by atoms with E-state index in [4.69, 9.17) is 4.74 Å². The van der Waals surface area contributed by atoms with Gasteiger partial charge in [0.15, 0.2) is 15.7 Å². The van der Waals surface area contributed by atoms with Crippen molar-refractivity contribution in [2.24, 2.45) is 0 Å². The zero-order valence-corrected chi connectivity index (χ0v) is 18.4. The molecule has 158 valence electrons. The van der Waals surface area contributed by atoms with E-state index in [-0.39, 0.29) is 17.0 Å². The highest BCUT2D eigenvalue weighted by Crippen LogP contribution is 2.29. The molecule has 0 aliphatic carbocycles. The minimum atomic E-state index is -3.25. The molecule has 2 aromatic rings. The molecular formula is C20H28N4O4S. The van der Waals surface area contributed by atoms with E-state index >= 15 is 0 Å². The molecule has 2 heterocycles. The molecule has 1 aromatic carbocycles. The van der Waals surface area contributed by atoms with Gasteiger partial charge in [-0.1, -0.05) is 0 Å². The summed E-state index contributed by atoms with van der Waals surface area (Å²) >= 11 is 0. The summed E-state index contributed by atoms with van der Waals surface area (Å²) in [5.41, 5.74) is 0.301. The second-order valence-corrected chi connectivity index (χ2v) is 10.4. The van der Waals surface area contributed by atoms with E-state index < -0.39 is 15.4 Å². The van der Waals surface area contributed by atoms with Gasteiger partial charge in [-0.2, -0.15) is 5.10 Å². The first kappa shape index (κ1) is 21.3. The van der Waals surface area contributed by atoms with Gasteiger partial charge in [0, 0.05) is 24.9 Å². The highest BCUT2D eigenvalue weighted by molar-refractivity contribution is 7.90. The minimum Gasteiger partial charge on any atom is -0.444 e. The standard InChI is InChI=1S/C20H28N4O4S/c1-14-21-18(15-6-8-17(9-7-15)29(5,26)27)24(22-14)16-10-12-23(13-11-16)19(25)28-20(2,3)4/h6-9,16H,10-13H2,1-5H3. The van der Waals surface area contributed by atoms with Crippen molar-refractivity contribution in [2.45, 2.75) is 57.1 Å². The second-order valence-electron chi connectivity index (χ2n) is 8.42. The topological polar surface area (TPSA) is 94.4 Å². The number of rotatable bonds is 3. The maximum Gasteiger partial charge on any atom is 0.410 e. The van der Waals surface area contributed by atoms with Gasteiger partial charge in [-0.15, -0.1) is 0 Å². The summed E-state index contributed by atoms with van der Waals surface area (Å²) in [6.45, 7) is 8.59. The summed E-state index contributed by atoms with van der Waals surface area (Å²) in [4.78, 5) is 18.8. The van der Waals surface area contributed by atoms with E-state index in [1.165, 1.54) is 6.26 Å². The Kier molecular flexibility index (Phi) is 5.71. The Morgan fingerprint density at radius 1 is 1.14 bits per heavy atom. The van der Waals surface area contributed by atoms with Crippen molar-refractivity contribution in [3.8, 4) is 11.4 Å². The van der Waals surface area contributed by atoms with Crippen molar-refractivity contribution >= 4 is 15.9 Å². The predicted molar refractivity (Wildman–Crippen MR) is 109 cm³/mol. The van der Waals surface area contributed by atoms with Gasteiger partial charge in [0.1, 0.15) is 11.4 Å². The monoisotopic (exact) mass is 420 g/mol. The Labute approximate surface area is 171 Å². The molecule has 1 fully saturated rings. The van der Waals surface area contributed by atoms with Crippen molar-refractivity contribution in [1.29, 1.82) is 0 Å². The first-order chi connectivity index (χ1) is 13.4. The van der Waals surface area contributed by atoms with Crippen LogP contribution in [0.4, 0.5) is 4.79 Å². The zero-order valence-electron chi connectivity index (χ0n) is 17.5. The Balaban J connectivity index is 1.76. The summed E-state index contributed by atoms with van der Waals surface area (Å²) in [5.74, 6) is 1.36. The highest BCUT2D eigenvalue weighted by atomic mass is 32.2. The van der Waals surface area contributed by atoms with Crippen LogP contribution in [0.1, 0.15) is 45.5 Å². The second kappa shape index (κ2) is 7.78. The van der Waals surface area contributed by atoms with Crippen LogP contribution in [0.15, 0.2) is 29.2 Å². The average molecular weight is 421 g/mol. The number of sulfone groups is 1. The van der Waals surface area contributed by atoms with E-state index in [1.54, 1.807) is 29.2 Å². The van der Waals surface area contributed by atoms with Gasteiger partial charge in [-0.05, 0) is 64.8 Å². The number of likely N-dealkylation sites (tertiary alicyclic amines) is 1. The summed E-state index contributed by atoms with van der Waals surface area (Å²) in [7, 11) is -3.25. The Bertz CT molecular complexity index is 982. The van der Waals surface area contributed by atoms with Gasteiger partial charge in [-0.3, -0.25) is 0 Å². The van der Waals surface area contributed by atoms with Crippen LogP contribution in [0, 0.1) is 6.92 Å². The number of carbonyl (C=O) groups is 1. The third-order valence-electron chi connectivity index (χ3n) is 4.74. The Morgan fingerprint density at radius 3 is 2.24 bits per heavy atom. The van der Waals surface area contributed by atoms with Gasteiger partial charge in [-0.25, -0.2) is 22.9 Å². The van der Waals surface area contributed by atoms with Crippen LogP contribution in [-0.2, 0) is 14.6 Å². The molecule has 1 aromatic heterocycles. The molecule has 1 aliphatic heterocycles. The number of nitrogens with zero attached hydrogens (tertiary/aromatic N) is 4. The lowest BCUT2D eigenvalue weighted by molar-refractivity contribution is 0.0185. The van der Waals surface area contributed by atoms with E-state index in [1.807, 2.05) is 32.4 Å². The molecule has 1 saturated heterocycles. The SMILES string of the molecule is Cc1nc(-c2ccc(S(C)(=O)=O)cc2)n(C2CCN(C(=O)OC(C)(C)C)CC2)n1. The van der Waals surface area contributed by atoms with E-state index in [9.17, 15) is 13.2 Å². The molecule has 1 aliphatic rings. The minimum absolute atomic E-state index is 0.111. The summed E-state index contributed by atoms with van der Waals surface area (Å²) < 4.78 is 30.7. The number of aromatic nitrogens is 3. The number of carbonyl (C=O) groups excluding carboxylic acids is 1. The molecule has 0 unspecified atom stereocenters. The summed E-state index contributed by atoms with van der Waals surface area (Å²) in [6.07, 6.45) is 2.39. The third-order valence-corrected chi connectivity index (χ3v) is 5.87. The van der Waals surface area contributed by atoms with E-state index in [0.717, 1.165) is 18.4 Å². The van der Waals surface area contributed by atoms with Crippen molar-refractivity contribution in [3.05, 3.63) is 30.1 Å². The molecule has 29 heavy (non-hydrogen) atoms. The number of aryl methyl sites for hydroxylation is 1. The Morgan fingerprint density at radius 2 is 1.72 bits per heavy atom. The lowest BCUT2D eigenvalue weighted by Gasteiger charge is -2.33. The van der Waals surface area contributed by atoms with Crippen molar-refractivity contribution in [1.82, 2.24) is 19.7 Å². The molecule has 8 nitrogen and oxygen atoms in total. The van der Waals surface area contributed by atoms with Crippen molar-refractivity contribution < 1.29 is 17.9 Å². The lowest BCUT2D eigenvalue weighted by Crippen LogP contribution is -2.42. The average Bonchev–Trinajstić information content (AvgIpc) is 3.01. The summed E-state index contributed by atoms with van der Waals surface area (Å²) in [6, 6.07) is 6.80. The van der Waals surface area contributed by atoms with Crippen LogP contribution in [0.25, 0.3) is 11.4 Å². The van der Waals surface area contributed by atoms with Crippen LogP contribution >= 0.6 is 0 Å². The normalized spacial score (nSPS) is 16.1. The number of benzene rings is 1. The maximum absolute atomic E-state index is 12.3. The van der Waals surface area contributed by atoms with Crippen LogP contribution in [0.5, 0.6) is 0 Å². The fraction of sp³-hybridized carbons (Fsp3) is 0.550. The van der Waals surface area contributed by atoms with Crippen LogP contribution in [0.3, 0.4) is 0 Å². The molecule has 0 saturated carbocycles. The number of ether oxygens (including phenoxy) is 1. The fourth-order valence-corrected chi connectivity index (χ4v) is 3.98. The predicted octanol–water partition coefficient (Wildman–Crippen LogP) is 3.23. The van der Waals surface area contributed by atoms with Gasteiger partial charge in [0.05, 0.1) is 10.9 Å². The molecule has 3 rings (SSSR count). The van der Waals surface area contributed by atoms with Gasteiger partial charge < -0.3 is 9.64 Å².